The molecule has 2 heterocycles. The Morgan fingerprint density at radius 3 is 1.96 bits per heavy atom. The molecule has 1 saturated heterocycles. The van der Waals surface area contributed by atoms with Crippen LogP contribution in [0.3, 0.4) is 0 Å². The van der Waals surface area contributed by atoms with Crippen LogP contribution in [-0.4, -0.2) is 44.7 Å². The molecule has 1 aromatic heterocycles. The first-order valence-electron chi connectivity index (χ1n) is 7.83. The third-order valence-corrected chi connectivity index (χ3v) is 5.61. The van der Waals surface area contributed by atoms with Gasteiger partial charge in [0.2, 0.25) is 0 Å². The van der Waals surface area contributed by atoms with Gasteiger partial charge < -0.3 is 10.4 Å². The first kappa shape index (κ1) is 18.1. The van der Waals surface area contributed by atoms with Gasteiger partial charge in [-0.05, 0) is 39.8 Å². The Labute approximate surface area is 139 Å². The molecule has 0 aromatic carbocycles. The molecule has 0 atom stereocenters. The van der Waals surface area contributed by atoms with Gasteiger partial charge in [-0.25, -0.2) is 0 Å². The van der Waals surface area contributed by atoms with Crippen LogP contribution < -0.4 is 0 Å². The van der Waals surface area contributed by atoms with Gasteiger partial charge in [0, 0.05) is 11.8 Å². The molecule has 0 spiro atoms. The second-order valence-electron chi connectivity index (χ2n) is 8.15. The quantitative estimate of drug-likeness (QED) is 0.610. The van der Waals surface area contributed by atoms with Crippen molar-refractivity contribution in [2.45, 2.75) is 64.6 Å². The fourth-order valence-electron chi connectivity index (χ4n) is 2.42. The monoisotopic (exact) mass is 333 g/mol. The minimum absolute atomic E-state index is 0.590. The Kier molecular flexibility index (Phi) is 4.48. The van der Waals surface area contributed by atoms with Gasteiger partial charge in [-0.2, -0.15) is 10.1 Å². The summed E-state index contributed by atoms with van der Waals surface area (Å²) in [4.78, 5) is 4.40. The zero-order valence-electron chi connectivity index (χ0n) is 15.0. The average Bonchev–Trinajstić information content (AvgIpc) is 2.55. The first-order valence-corrected chi connectivity index (χ1v) is 11.3. The van der Waals surface area contributed by atoms with Gasteiger partial charge in [-0.3, -0.25) is 4.98 Å². The molecular formula is C17H27N3O2Si. The van der Waals surface area contributed by atoms with Gasteiger partial charge in [-0.1, -0.05) is 25.6 Å². The standard InChI is InChI=1S/C17H27N3O2Si/c1-16(2)17(3,4)20(22)15(19(16)21)14-9-8-13(12-18-14)10-11-23(5,6)7/h8-9,12,15,21-22H,1-7H3. The van der Waals surface area contributed by atoms with E-state index in [1.165, 1.54) is 10.1 Å². The fraction of sp³-hybridized carbons (Fsp3) is 0.588. The maximum atomic E-state index is 10.5. The van der Waals surface area contributed by atoms with Crippen molar-refractivity contribution in [3.8, 4) is 11.5 Å². The van der Waals surface area contributed by atoms with Crippen LogP contribution in [0.15, 0.2) is 18.3 Å². The van der Waals surface area contributed by atoms with E-state index in [9.17, 15) is 10.4 Å². The Balaban J connectivity index is 2.31. The Morgan fingerprint density at radius 1 is 1.04 bits per heavy atom. The Morgan fingerprint density at radius 2 is 1.57 bits per heavy atom. The molecule has 0 aliphatic carbocycles. The zero-order valence-corrected chi connectivity index (χ0v) is 16.0. The summed E-state index contributed by atoms with van der Waals surface area (Å²) < 4.78 is 0. The van der Waals surface area contributed by atoms with Gasteiger partial charge in [0.05, 0.1) is 16.8 Å². The maximum absolute atomic E-state index is 10.5. The number of aromatic nitrogens is 1. The van der Waals surface area contributed by atoms with Crippen LogP contribution in [0, 0.1) is 11.5 Å². The second-order valence-corrected chi connectivity index (χ2v) is 12.9. The number of nitrogens with zero attached hydrogens (tertiary/aromatic N) is 3. The molecule has 0 amide bonds. The van der Waals surface area contributed by atoms with Gasteiger partial charge >= 0.3 is 0 Å². The molecule has 0 unspecified atom stereocenters. The lowest BCUT2D eigenvalue weighted by atomic mass is 9.84. The molecule has 0 saturated carbocycles. The number of hydrogen-bond donors (Lipinski definition) is 2. The average molecular weight is 334 g/mol. The number of pyridine rings is 1. The molecule has 2 N–H and O–H groups in total. The predicted molar refractivity (Wildman–Crippen MR) is 92.6 cm³/mol. The lowest BCUT2D eigenvalue weighted by Gasteiger charge is -2.37. The lowest BCUT2D eigenvalue weighted by Crippen LogP contribution is -2.52. The lowest BCUT2D eigenvalue weighted by molar-refractivity contribution is -0.224. The van der Waals surface area contributed by atoms with Gasteiger partial charge in [-0.15, -0.1) is 5.54 Å². The summed E-state index contributed by atoms with van der Waals surface area (Å²) in [6, 6.07) is 3.69. The summed E-state index contributed by atoms with van der Waals surface area (Å²) in [5.41, 5.74) is 3.50. The summed E-state index contributed by atoms with van der Waals surface area (Å²) in [7, 11) is -1.42. The van der Waals surface area contributed by atoms with E-state index in [0.29, 0.717) is 5.69 Å². The SMILES string of the molecule is CC1(C)N(O)C(c2ccc(C#C[Si](C)(C)C)cn2)N(O)C1(C)C. The summed E-state index contributed by atoms with van der Waals surface area (Å²) in [5.74, 6) is 3.15. The van der Waals surface area contributed by atoms with Crippen LogP contribution in [0.25, 0.3) is 0 Å². The molecule has 1 aliphatic rings. The zero-order chi connectivity index (χ0) is 17.6. The van der Waals surface area contributed by atoms with E-state index in [-0.39, 0.29) is 0 Å². The predicted octanol–water partition coefficient (Wildman–Crippen LogP) is 3.26. The van der Waals surface area contributed by atoms with Gasteiger partial charge in [0.25, 0.3) is 0 Å². The third-order valence-electron chi connectivity index (χ3n) is 4.74. The molecular weight excluding hydrogens is 306 g/mol. The van der Waals surface area contributed by atoms with Crippen LogP contribution in [0.5, 0.6) is 0 Å². The van der Waals surface area contributed by atoms with Gasteiger partial charge in [0.1, 0.15) is 8.07 Å². The number of rotatable bonds is 1. The molecule has 1 fully saturated rings. The highest BCUT2D eigenvalue weighted by atomic mass is 28.3. The summed E-state index contributed by atoms with van der Waals surface area (Å²) in [6.45, 7) is 14.1. The summed E-state index contributed by atoms with van der Waals surface area (Å²) in [5, 5.41) is 23.4. The van der Waals surface area contributed by atoms with Crippen molar-refractivity contribution >= 4 is 8.07 Å². The van der Waals surface area contributed by atoms with E-state index in [2.05, 4.69) is 36.1 Å². The van der Waals surface area contributed by atoms with Crippen LogP contribution >= 0.6 is 0 Å². The molecule has 0 bridgehead atoms. The van der Waals surface area contributed by atoms with Crippen molar-refractivity contribution in [2.75, 3.05) is 0 Å². The van der Waals surface area contributed by atoms with Crippen molar-refractivity contribution in [1.29, 1.82) is 0 Å². The van der Waals surface area contributed by atoms with Crippen LogP contribution in [0.1, 0.15) is 45.1 Å². The molecule has 6 heteroatoms. The smallest absolute Gasteiger partial charge is 0.153 e. The minimum atomic E-state index is -1.42. The maximum Gasteiger partial charge on any atom is 0.153 e. The van der Waals surface area contributed by atoms with E-state index in [1.54, 1.807) is 6.20 Å². The Hall–Kier alpha value is -1.23. The van der Waals surface area contributed by atoms with E-state index < -0.39 is 25.3 Å². The molecule has 5 nitrogen and oxygen atoms in total. The highest BCUT2D eigenvalue weighted by Gasteiger charge is 2.58. The van der Waals surface area contributed by atoms with Crippen molar-refractivity contribution in [3.63, 3.8) is 0 Å². The molecule has 2 rings (SSSR count). The van der Waals surface area contributed by atoms with Crippen molar-refractivity contribution in [2.24, 2.45) is 0 Å². The van der Waals surface area contributed by atoms with Crippen molar-refractivity contribution in [3.05, 3.63) is 29.6 Å². The minimum Gasteiger partial charge on any atom is -0.311 e. The van der Waals surface area contributed by atoms with E-state index in [4.69, 9.17) is 0 Å². The molecule has 23 heavy (non-hydrogen) atoms. The van der Waals surface area contributed by atoms with Crippen molar-refractivity contribution < 1.29 is 10.4 Å². The highest BCUT2D eigenvalue weighted by molar-refractivity contribution is 6.83. The molecule has 1 aromatic rings. The topological polar surface area (TPSA) is 59.8 Å². The second kappa shape index (κ2) is 5.69. The van der Waals surface area contributed by atoms with Crippen LogP contribution in [0.4, 0.5) is 0 Å². The summed E-state index contributed by atoms with van der Waals surface area (Å²) >= 11 is 0. The largest absolute Gasteiger partial charge is 0.311 e. The normalized spacial score (nSPS) is 22.0. The van der Waals surface area contributed by atoms with E-state index in [1.807, 2.05) is 39.8 Å². The Bertz CT molecular complexity index is 619. The van der Waals surface area contributed by atoms with Crippen LogP contribution in [0.2, 0.25) is 19.6 Å². The molecule has 1 aliphatic heterocycles. The molecule has 0 radical (unpaired) electrons. The fourth-order valence-corrected chi connectivity index (χ4v) is 2.94. The van der Waals surface area contributed by atoms with Crippen LogP contribution in [-0.2, 0) is 0 Å². The van der Waals surface area contributed by atoms with Crippen molar-refractivity contribution in [1.82, 2.24) is 15.1 Å². The summed E-state index contributed by atoms with van der Waals surface area (Å²) in [6.07, 6.45) is 1.00. The van der Waals surface area contributed by atoms with E-state index in [0.717, 1.165) is 5.56 Å². The van der Waals surface area contributed by atoms with Gasteiger partial charge in [0.15, 0.2) is 6.17 Å². The number of hydrogen-bond acceptors (Lipinski definition) is 5. The molecule has 126 valence electrons. The third kappa shape index (κ3) is 3.21. The highest BCUT2D eigenvalue weighted by Crippen LogP contribution is 2.46. The first-order chi connectivity index (χ1) is 10.4. The van der Waals surface area contributed by atoms with E-state index >= 15 is 0 Å². The number of hydroxylamine groups is 4.